The first-order chi connectivity index (χ1) is 16.5. The molecule has 0 radical (unpaired) electrons. The minimum Gasteiger partial charge on any atom is -0.466 e. The summed E-state index contributed by atoms with van der Waals surface area (Å²) in [5, 5.41) is 2.99. The van der Waals surface area contributed by atoms with Gasteiger partial charge in [-0.15, -0.1) is 0 Å². The predicted octanol–water partition coefficient (Wildman–Crippen LogP) is 7.01. The monoisotopic (exact) mass is 579 g/mol. The summed E-state index contributed by atoms with van der Waals surface area (Å²) in [6.45, 7) is 0.484. The van der Waals surface area contributed by atoms with Gasteiger partial charge in [-0.1, -0.05) is 100 Å². The Labute approximate surface area is 226 Å². The Kier molecular flexibility index (Phi) is 9.00. The van der Waals surface area contributed by atoms with Gasteiger partial charge in [0, 0.05) is 5.70 Å². The second-order valence-corrected chi connectivity index (χ2v) is 10.6. The molecule has 3 rings (SSSR count). The lowest BCUT2D eigenvalue weighted by Crippen LogP contribution is -2.35. The lowest BCUT2D eigenvalue weighted by Gasteiger charge is -2.33. The number of alkyl halides is 4. The smallest absolute Gasteiger partial charge is 0.337 e. The average molecular weight is 582 g/mol. The Morgan fingerprint density at radius 1 is 1.03 bits per heavy atom. The van der Waals surface area contributed by atoms with Gasteiger partial charge in [0.1, 0.15) is 6.67 Å². The molecule has 11 heteroatoms. The maximum Gasteiger partial charge on any atom is 0.337 e. The first-order valence-electron chi connectivity index (χ1n) is 10.1. The van der Waals surface area contributed by atoms with Crippen molar-refractivity contribution in [3.8, 4) is 0 Å². The van der Waals surface area contributed by atoms with Crippen LogP contribution in [-0.2, 0) is 19.1 Å². The molecule has 2 atom stereocenters. The van der Waals surface area contributed by atoms with Crippen molar-refractivity contribution in [2.75, 3.05) is 13.8 Å². The fraction of sp³-hybridized carbons (Fsp3) is 0.250. The Morgan fingerprint density at radius 2 is 1.69 bits per heavy atom. The normalized spacial score (nSPS) is 17.1. The van der Waals surface area contributed by atoms with Crippen LogP contribution >= 0.6 is 58.0 Å². The van der Waals surface area contributed by atoms with Crippen molar-refractivity contribution in [1.82, 2.24) is 5.32 Å². The molecule has 35 heavy (non-hydrogen) atoms. The van der Waals surface area contributed by atoms with Crippen LogP contribution in [-0.4, -0.2) is 29.5 Å². The fourth-order valence-corrected chi connectivity index (χ4v) is 4.73. The molecule has 0 saturated carbocycles. The average Bonchev–Trinajstić information content (AvgIpc) is 2.82. The third kappa shape index (κ3) is 5.89. The van der Waals surface area contributed by atoms with Crippen molar-refractivity contribution in [3.63, 3.8) is 0 Å². The van der Waals surface area contributed by atoms with Gasteiger partial charge in [-0.25, -0.2) is 14.0 Å². The zero-order valence-corrected chi connectivity index (χ0v) is 22.2. The highest BCUT2D eigenvalue weighted by atomic mass is 35.6. The van der Waals surface area contributed by atoms with E-state index >= 15 is 0 Å². The predicted molar refractivity (Wildman–Crippen MR) is 136 cm³/mol. The van der Waals surface area contributed by atoms with E-state index in [1.54, 1.807) is 42.5 Å². The van der Waals surface area contributed by atoms with Gasteiger partial charge in [0.15, 0.2) is 6.10 Å². The molecule has 2 aromatic carbocycles. The number of halogens is 6. The summed E-state index contributed by atoms with van der Waals surface area (Å²) in [4.78, 5) is 26.4. The van der Waals surface area contributed by atoms with Crippen LogP contribution < -0.4 is 5.32 Å². The highest BCUT2D eigenvalue weighted by Gasteiger charge is 2.43. The highest BCUT2D eigenvalue weighted by Crippen LogP contribution is 2.46. The van der Waals surface area contributed by atoms with Crippen LogP contribution in [0, 0.1) is 0 Å². The van der Waals surface area contributed by atoms with E-state index in [0.717, 1.165) is 7.11 Å². The number of esters is 2. The van der Waals surface area contributed by atoms with E-state index in [4.69, 9.17) is 67.5 Å². The number of hydrogen-bond donors (Lipinski definition) is 1. The first-order valence-corrected chi connectivity index (χ1v) is 12.0. The Morgan fingerprint density at radius 3 is 2.26 bits per heavy atom. The zero-order chi connectivity index (χ0) is 25.9. The molecule has 0 fully saturated rings. The van der Waals surface area contributed by atoms with Crippen LogP contribution in [0.25, 0.3) is 0 Å². The van der Waals surface area contributed by atoms with Crippen molar-refractivity contribution < 1.29 is 23.5 Å². The molecule has 2 unspecified atom stereocenters. The quantitative estimate of drug-likeness (QED) is 0.294. The van der Waals surface area contributed by atoms with E-state index in [9.17, 15) is 14.0 Å². The summed E-state index contributed by atoms with van der Waals surface area (Å²) in [6, 6.07) is 13.1. The van der Waals surface area contributed by atoms with Gasteiger partial charge in [-0.3, -0.25) is 0 Å². The minimum absolute atomic E-state index is 0.0538. The number of nitrogens with one attached hydrogen (secondary N) is 1. The van der Waals surface area contributed by atoms with Crippen molar-refractivity contribution in [2.24, 2.45) is 0 Å². The van der Waals surface area contributed by atoms with E-state index in [1.807, 2.05) is 0 Å². The molecule has 0 aromatic heterocycles. The third-order valence-electron chi connectivity index (χ3n) is 5.32. The Balaban J connectivity index is 2.18. The summed E-state index contributed by atoms with van der Waals surface area (Å²) < 4.78 is 22.6. The number of benzene rings is 2. The lowest BCUT2D eigenvalue weighted by atomic mass is 9.80. The standard InChI is InChI=1S/C24H19Cl5FNO4/c1-12-17(23(33)35-21(24(27,28)29)13-7-4-3-5-8-13)18(14-9-6-10-15(25)20(14)26)19(22(32)34-2)16(11-30)31-12/h3-10,18,21,31H,11H2,1-2H3. The van der Waals surface area contributed by atoms with Crippen LogP contribution in [0.2, 0.25) is 10.0 Å². The van der Waals surface area contributed by atoms with Gasteiger partial charge in [0.25, 0.3) is 0 Å². The molecular formula is C24H19Cl5FNO4. The van der Waals surface area contributed by atoms with Gasteiger partial charge in [0.05, 0.1) is 39.9 Å². The van der Waals surface area contributed by atoms with Crippen LogP contribution in [0.4, 0.5) is 4.39 Å². The van der Waals surface area contributed by atoms with Crippen molar-refractivity contribution in [3.05, 3.63) is 92.2 Å². The van der Waals surface area contributed by atoms with Gasteiger partial charge in [0.2, 0.25) is 3.79 Å². The summed E-state index contributed by atoms with van der Waals surface area (Å²) in [5.74, 6) is -2.97. The fourth-order valence-electron chi connectivity index (χ4n) is 3.80. The topological polar surface area (TPSA) is 64.6 Å². The van der Waals surface area contributed by atoms with Gasteiger partial charge < -0.3 is 14.8 Å². The molecule has 2 aromatic rings. The zero-order valence-electron chi connectivity index (χ0n) is 18.4. The number of carbonyl (C=O) groups excluding carboxylic acids is 2. The summed E-state index contributed by atoms with van der Waals surface area (Å²) >= 11 is 31.1. The summed E-state index contributed by atoms with van der Waals surface area (Å²) in [7, 11) is 1.14. The largest absolute Gasteiger partial charge is 0.466 e. The minimum atomic E-state index is -2.03. The molecule has 5 nitrogen and oxygen atoms in total. The highest BCUT2D eigenvalue weighted by molar-refractivity contribution is 6.68. The number of hydrogen-bond acceptors (Lipinski definition) is 5. The molecule has 0 bridgehead atoms. The molecule has 1 heterocycles. The van der Waals surface area contributed by atoms with Gasteiger partial charge in [-0.05, 0) is 24.1 Å². The number of methoxy groups -OCH3 is 1. The van der Waals surface area contributed by atoms with Crippen molar-refractivity contribution in [2.45, 2.75) is 22.7 Å². The van der Waals surface area contributed by atoms with Crippen molar-refractivity contribution >= 4 is 69.9 Å². The van der Waals surface area contributed by atoms with E-state index in [-0.39, 0.29) is 38.1 Å². The molecular weight excluding hydrogens is 563 g/mol. The lowest BCUT2D eigenvalue weighted by molar-refractivity contribution is -0.145. The number of ether oxygens (including phenoxy) is 2. The number of rotatable bonds is 6. The SMILES string of the molecule is COC(=O)C1=C(CF)NC(C)=C(C(=O)OC(c2ccccc2)C(Cl)(Cl)Cl)C1c1cccc(Cl)c1Cl. The van der Waals surface area contributed by atoms with Crippen LogP contribution in [0.15, 0.2) is 71.1 Å². The molecule has 1 N–H and O–H groups in total. The van der Waals surface area contributed by atoms with Crippen LogP contribution in [0.5, 0.6) is 0 Å². The van der Waals surface area contributed by atoms with Crippen LogP contribution in [0.3, 0.4) is 0 Å². The molecule has 0 spiro atoms. The van der Waals surface area contributed by atoms with Crippen molar-refractivity contribution in [1.29, 1.82) is 0 Å². The summed E-state index contributed by atoms with van der Waals surface area (Å²) in [6.07, 6.45) is -1.30. The van der Waals surface area contributed by atoms with Gasteiger partial charge in [-0.2, -0.15) is 0 Å². The maximum absolute atomic E-state index is 14.0. The van der Waals surface area contributed by atoms with E-state index in [0.29, 0.717) is 5.56 Å². The number of carbonyl (C=O) groups is 2. The maximum atomic E-state index is 14.0. The second kappa shape index (κ2) is 11.4. The first kappa shape index (κ1) is 27.6. The summed E-state index contributed by atoms with van der Waals surface area (Å²) in [5.41, 5.74) is 0.598. The third-order valence-corrected chi connectivity index (χ3v) is 6.75. The second-order valence-electron chi connectivity index (χ2n) is 7.49. The van der Waals surface area contributed by atoms with Gasteiger partial charge >= 0.3 is 11.9 Å². The van der Waals surface area contributed by atoms with Crippen LogP contribution in [0.1, 0.15) is 30.1 Å². The molecule has 1 aliphatic heterocycles. The van der Waals surface area contributed by atoms with E-state index in [2.05, 4.69) is 5.32 Å². The van der Waals surface area contributed by atoms with E-state index < -0.39 is 34.4 Å². The Bertz CT molecular complexity index is 1190. The molecule has 0 amide bonds. The molecule has 0 aliphatic carbocycles. The van der Waals surface area contributed by atoms with E-state index in [1.165, 1.54) is 13.0 Å². The molecule has 0 saturated heterocycles. The Hall–Kier alpha value is -1.96. The number of allylic oxidation sites excluding steroid dienone is 2. The molecule has 186 valence electrons. The molecule has 1 aliphatic rings. The number of dihydropyridines is 1.